The number of likely N-dealkylation sites (N-methyl/N-ethyl adjacent to an activating group) is 1. The summed E-state index contributed by atoms with van der Waals surface area (Å²) in [5.74, 6) is 0. The van der Waals surface area contributed by atoms with Gasteiger partial charge in [-0.2, -0.15) is 0 Å². The van der Waals surface area contributed by atoms with Crippen molar-refractivity contribution in [1.29, 1.82) is 0 Å². The molecule has 15 heavy (non-hydrogen) atoms. The van der Waals surface area contributed by atoms with Crippen LogP contribution in [0.4, 0.5) is 0 Å². The van der Waals surface area contributed by atoms with E-state index in [0.717, 1.165) is 13.1 Å². The Hall–Kier alpha value is -1.30. The van der Waals surface area contributed by atoms with Crippen molar-refractivity contribution in [3.8, 4) is 0 Å². The third-order valence-corrected chi connectivity index (χ3v) is 2.19. The van der Waals surface area contributed by atoms with Crippen LogP contribution in [0.2, 0.25) is 0 Å². The van der Waals surface area contributed by atoms with Crippen LogP contribution in [0, 0.1) is 0 Å². The van der Waals surface area contributed by atoms with Crippen molar-refractivity contribution in [3.05, 3.63) is 53.3 Å². The maximum atomic E-state index is 3.21. The van der Waals surface area contributed by atoms with Crippen LogP contribution in [-0.2, 0) is 6.54 Å². The minimum absolute atomic E-state index is 0.971. The first-order chi connectivity index (χ1) is 7.22. The standard InChI is InChI=1S/C14H19N/c1-4-8-13(2)11-15(3)12-14-9-6-5-7-10-14/h4-7,9-10H,11-12H2,1-3H3. The van der Waals surface area contributed by atoms with Gasteiger partial charge in [-0.3, -0.25) is 4.90 Å². The molecule has 0 aromatic heterocycles. The second-order valence-electron chi connectivity index (χ2n) is 3.87. The molecule has 1 aromatic rings. The van der Waals surface area contributed by atoms with Gasteiger partial charge in [0.05, 0.1) is 0 Å². The average molecular weight is 201 g/mol. The SMILES string of the molecule is CC=C=C(C)CN(C)Cc1ccccc1. The molecule has 0 saturated carbocycles. The van der Waals surface area contributed by atoms with Crippen molar-refractivity contribution >= 4 is 0 Å². The van der Waals surface area contributed by atoms with Gasteiger partial charge in [0.25, 0.3) is 0 Å². The normalized spacial score (nSPS) is 9.87. The molecular formula is C14H19N. The molecule has 0 saturated heterocycles. The zero-order valence-corrected chi connectivity index (χ0v) is 9.83. The fourth-order valence-electron chi connectivity index (χ4n) is 1.65. The molecule has 0 heterocycles. The quantitative estimate of drug-likeness (QED) is 0.676. The smallest absolute Gasteiger partial charge is 0.0265 e. The molecular weight excluding hydrogens is 182 g/mol. The number of nitrogens with zero attached hydrogens (tertiary/aromatic N) is 1. The van der Waals surface area contributed by atoms with Crippen molar-refractivity contribution in [2.75, 3.05) is 13.6 Å². The Morgan fingerprint density at radius 1 is 1.33 bits per heavy atom. The van der Waals surface area contributed by atoms with Crippen LogP contribution in [0.15, 0.2) is 47.7 Å². The number of benzene rings is 1. The minimum Gasteiger partial charge on any atom is -0.298 e. The lowest BCUT2D eigenvalue weighted by molar-refractivity contribution is 0.355. The molecule has 80 valence electrons. The summed E-state index contributed by atoms with van der Waals surface area (Å²) in [6.07, 6.45) is 1.96. The largest absolute Gasteiger partial charge is 0.298 e. The molecule has 0 fully saturated rings. The van der Waals surface area contributed by atoms with Gasteiger partial charge < -0.3 is 0 Å². The predicted molar refractivity (Wildman–Crippen MR) is 65.7 cm³/mol. The highest BCUT2D eigenvalue weighted by molar-refractivity contribution is 5.14. The van der Waals surface area contributed by atoms with Crippen LogP contribution >= 0.6 is 0 Å². The Balaban J connectivity index is 2.50. The molecule has 0 atom stereocenters. The van der Waals surface area contributed by atoms with Crippen LogP contribution < -0.4 is 0 Å². The second kappa shape index (κ2) is 6.23. The number of hydrogen-bond acceptors (Lipinski definition) is 1. The van der Waals surface area contributed by atoms with E-state index in [-0.39, 0.29) is 0 Å². The van der Waals surface area contributed by atoms with E-state index in [2.05, 4.69) is 54.9 Å². The van der Waals surface area contributed by atoms with E-state index >= 15 is 0 Å². The van der Waals surface area contributed by atoms with Gasteiger partial charge in [-0.05, 0) is 38.1 Å². The molecule has 0 radical (unpaired) electrons. The topological polar surface area (TPSA) is 3.24 Å². The Morgan fingerprint density at radius 2 is 2.00 bits per heavy atom. The average Bonchev–Trinajstić information content (AvgIpc) is 2.19. The fraction of sp³-hybridized carbons (Fsp3) is 0.357. The van der Waals surface area contributed by atoms with Gasteiger partial charge in [-0.1, -0.05) is 30.3 Å². The molecule has 0 amide bonds. The molecule has 1 heteroatoms. The van der Waals surface area contributed by atoms with Crippen LogP contribution in [0.3, 0.4) is 0 Å². The summed E-state index contributed by atoms with van der Waals surface area (Å²) in [7, 11) is 2.13. The van der Waals surface area contributed by atoms with Crippen molar-refractivity contribution in [1.82, 2.24) is 4.90 Å². The maximum Gasteiger partial charge on any atom is 0.0265 e. The molecule has 1 rings (SSSR count). The molecule has 1 aromatic carbocycles. The van der Waals surface area contributed by atoms with Crippen LogP contribution in [0.25, 0.3) is 0 Å². The van der Waals surface area contributed by atoms with Gasteiger partial charge >= 0.3 is 0 Å². The highest BCUT2D eigenvalue weighted by Gasteiger charge is 1.99. The Kier molecular flexibility index (Phi) is 4.89. The maximum absolute atomic E-state index is 3.21. The van der Waals surface area contributed by atoms with Crippen molar-refractivity contribution < 1.29 is 0 Å². The van der Waals surface area contributed by atoms with Gasteiger partial charge in [-0.15, -0.1) is 5.73 Å². The lowest BCUT2D eigenvalue weighted by atomic mass is 10.2. The summed E-state index contributed by atoms with van der Waals surface area (Å²) >= 11 is 0. The molecule has 1 nitrogen and oxygen atoms in total. The highest BCUT2D eigenvalue weighted by Crippen LogP contribution is 2.04. The van der Waals surface area contributed by atoms with E-state index < -0.39 is 0 Å². The lowest BCUT2D eigenvalue weighted by Gasteiger charge is -2.16. The van der Waals surface area contributed by atoms with Crippen molar-refractivity contribution in [3.63, 3.8) is 0 Å². The Labute approximate surface area is 92.7 Å². The fourth-order valence-corrected chi connectivity index (χ4v) is 1.65. The summed E-state index contributed by atoms with van der Waals surface area (Å²) in [4.78, 5) is 2.29. The van der Waals surface area contributed by atoms with E-state index in [0.29, 0.717) is 0 Å². The van der Waals surface area contributed by atoms with Gasteiger partial charge in [0, 0.05) is 13.1 Å². The number of hydrogen-bond donors (Lipinski definition) is 0. The first-order valence-electron chi connectivity index (χ1n) is 5.31. The van der Waals surface area contributed by atoms with E-state index in [4.69, 9.17) is 0 Å². The molecule has 0 spiro atoms. The molecule has 0 aliphatic carbocycles. The molecule has 0 aliphatic heterocycles. The molecule has 0 aliphatic rings. The molecule has 0 bridgehead atoms. The van der Waals surface area contributed by atoms with Gasteiger partial charge in [0.15, 0.2) is 0 Å². The molecule has 0 N–H and O–H groups in total. The Bertz CT molecular complexity index is 345. The van der Waals surface area contributed by atoms with Crippen LogP contribution in [0.1, 0.15) is 19.4 Å². The summed E-state index contributed by atoms with van der Waals surface area (Å²) in [6, 6.07) is 10.5. The third-order valence-electron chi connectivity index (χ3n) is 2.19. The first kappa shape index (κ1) is 11.8. The summed E-state index contributed by atoms with van der Waals surface area (Å²) < 4.78 is 0. The summed E-state index contributed by atoms with van der Waals surface area (Å²) in [5.41, 5.74) is 5.84. The van der Waals surface area contributed by atoms with E-state index in [1.807, 2.05) is 13.0 Å². The predicted octanol–water partition coefficient (Wildman–Crippen LogP) is 3.24. The van der Waals surface area contributed by atoms with Gasteiger partial charge in [0.1, 0.15) is 0 Å². The van der Waals surface area contributed by atoms with Crippen LogP contribution in [-0.4, -0.2) is 18.5 Å². The zero-order valence-electron chi connectivity index (χ0n) is 9.83. The van der Waals surface area contributed by atoms with E-state index in [9.17, 15) is 0 Å². The van der Waals surface area contributed by atoms with Crippen molar-refractivity contribution in [2.24, 2.45) is 0 Å². The zero-order chi connectivity index (χ0) is 11.1. The van der Waals surface area contributed by atoms with Crippen LogP contribution in [0.5, 0.6) is 0 Å². The molecule has 0 unspecified atom stereocenters. The Morgan fingerprint density at radius 3 is 2.60 bits per heavy atom. The highest BCUT2D eigenvalue weighted by atomic mass is 15.1. The summed E-state index contributed by atoms with van der Waals surface area (Å²) in [5, 5.41) is 0. The van der Waals surface area contributed by atoms with Crippen molar-refractivity contribution in [2.45, 2.75) is 20.4 Å². The first-order valence-corrected chi connectivity index (χ1v) is 5.31. The van der Waals surface area contributed by atoms with Gasteiger partial charge in [-0.25, -0.2) is 0 Å². The van der Waals surface area contributed by atoms with Gasteiger partial charge in [0.2, 0.25) is 0 Å². The van der Waals surface area contributed by atoms with E-state index in [1.54, 1.807) is 0 Å². The minimum atomic E-state index is 0.971. The lowest BCUT2D eigenvalue weighted by Crippen LogP contribution is -2.19. The monoisotopic (exact) mass is 201 g/mol. The number of rotatable bonds is 4. The summed E-state index contributed by atoms with van der Waals surface area (Å²) in [6.45, 7) is 6.07. The van der Waals surface area contributed by atoms with E-state index in [1.165, 1.54) is 11.1 Å². The second-order valence-corrected chi connectivity index (χ2v) is 3.87. The third kappa shape index (κ3) is 4.64.